The predicted octanol–water partition coefficient (Wildman–Crippen LogP) is 1.76. The van der Waals surface area contributed by atoms with E-state index in [1.165, 1.54) is 0 Å². The molecule has 0 amide bonds. The maximum absolute atomic E-state index is 11.5. The highest BCUT2D eigenvalue weighted by Gasteiger charge is 2.15. The molecule has 1 aromatic rings. The summed E-state index contributed by atoms with van der Waals surface area (Å²) >= 11 is 0. The Morgan fingerprint density at radius 2 is 2.07 bits per heavy atom. The lowest BCUT2D eigenvalue weighted by Gasteiger charge is -2.09. The highest BCUT2D eigenvalue weighted by molar-refractivity contribution is 7.32. The lowest BCUT2D eigenvalue weighted by molar-refractivity contribution is -0.122. The van der Waals surface area contributed by atoms with Crippen molar-refractivity contribution in [2.24, 2.45) is 0 Å². The molecule has 0 saturated heterocycles. The zero-order valence-electron chi connectivity index (χ0n) is 8.34. The average Bonchev–Trinajstić information content (AvgIpc) is 2.26. The minimum absolute atomic E-state index is 0.200. The second kappa shape index (κ2) is 5.81. The van der Waals surface area contributed by atoms with Crippen LogP contribution in [0.3, 0.4) is 0 Å². The van der Waals surface area contributed by atoms with Gasteiger partial charge in [-0.3, -0.25) is 9.36 Å². The van der Waals surface area contributed by atoms with E-state index in [0.29, 0.717) is 0 Å². The molecule has 0 spiro atoms. The van der Waals surface area contributed by atoms with E-state index in [4.69, 9.17) is 4.89 Å². The Hall–Kier alpha value is -0.960. The van der Waals surface area contributed by atoms with Crippen molar-refractivity contribution in [3.8, 4) is 0 Å². The monoisotopic (exact) mass is 228 g/mol. The van der Waals surface area contributed by atoms with E-state index in [0.717, 1.165) is 5.56 Å². The molecule has 1 aromatic carbocycles. The van der Waals surface area contributed by atoms with E-state index < -0.39 is 8.25 Å². The van der Waals surface area contributed by atoms with Gasteiger partial charge in [-0.05, 0) is 5.56 Å². The first-order valence-electron chi connectivity index (χ1n) is 4.54. The summed E-state index contributed by atoms with van der Waals surface area (Å²) in [5.41, 5.74) is 0.878. The van der Waals surface area contributed by atoms with Gasteiger partial charge < -0.3 is 9.42 Å². The number of ketones is 1. The number of hydrogen-bond donors (Lipinski definition) is 1. The second-order valence-electron chi connectivity index (χ2n) is 3.15. The van der Waals surface area contributed by atoms with Crippen LogP contribution in [-0.4, -0.2) is 17.3 Å². The van der Waals surface area contributed by atoms with Crippen LogP contribution in [0.5, 0.6) is 0 Å². The standard InChI is InChI=1S/C10H13O4P/c1-8(9-5-3-2-4-6-9)10(11)7-14-15(12)13/h2-6,8,15H,7H2,1H3,(H,12,13). The number of carbonyl (C=O) groups excluding carboxylic acids is 1. The molecule has 1 N–H and O–H groups in total. The lowest BCUT2D eigenvalue weighted by atomic mass is 9.97. The summed E-state index contributed by atoms with van der Waals surface area (Å²) in [6.45, 7) is 1.43. The van der Waals surface area contributed by atoms with Crippen molar-refractivity contribution < 1.29 is 18.8 Å². The molecule has 1 rings (SSSR count). The molecule has 15 heavy (non-hydrogen) atoms. The van der Waals surface area contributed by atoms with Crippen LogP contribution < -0.4 is 0 Å². The van der Waals surface area contributed by atoms with Gasteiger partial charge in [0.15, 0.2) is 5.78 Å². The van der Waals surface area contributed by atoms with Gasteiger partial charge in [-0.1, -0.05) is 37.3 Å². The SMILES string of the molecule is CC(C(=O)CO[PH](=O)O)c1ccccc1. The molecule has 5 heteroatoms. The Morgan fingerprint density at radius 1 is 1.47 bits per heavy atom. The fourth-order valence-corrected chi connectivity index (χ4v) is 1.45. The Kier molecular flexibility index (Phi) is 4.69. The number of rotatable bonds is 5. The molecule has 0 bridgehead atoms. The average molecular weight is 228 g/mol. The summed E-state index contributed by atoms with van der Waals surface area (Å²) in [6, 6.07) is 9.22. The van der Waals surface area contributed by atoms with Crippen molar-refractivity contribution in [3.63, 3.8) is 0 Å². The molecule has 82 valence electrons. The smallest absolute Gasteiger partial charge is 0.317 e. The van der Waals surface area contributed by atoms with Gasteiger partial charge in [0, 0.05) is 5.92 Å². The van der Waals surface area contributed by atoms with Crippen LogP contribution in [0.25, 0.3) is 0 Å². The lowest BCUT2D eigenvalue weighted by Crippen LogP contribution is -2.14. The van der Waals surface area contributed by atoms with E-state index in [-0.39, 0.29) is 18.3 Å². The molecule has 0 fully saturated rings. The fourth-order valence-electron chi connectivity index (χ4n) is 1.19. The van der Waals surface area contributed by atoms with Crippen LogP contribution in [0.2, 0.25) is 0 Å². The molecule has 2 unspecified atom stereocenters. The summed E-state index contributed by atoms with van der Waals surface area (Å²) in [4.78, 5) is 19.9. The van der Waals surface area contributed by atoms with Crippen LogP contribution in [0.1, 0.15) is 18.4 Å². The largest absolute Gasteiger partial charge is 0.326 e. The molecule has 0 aliphatic rings. The summed E-state index contributed by atoms with van der Waals surface area (Å²) in [7, 11) is -3.02. The molecular formula is C10H13O4P. The van der Waals surface area contributed by atoms with Crippen molar-refractivity contribution in [2.45, 2.75) is 12.8 Å². The molecule has 0 heterocycles. The van der Waals surface area contributed by atoms with Gasteiger partial charge in [0.05, 0.1) is 0 Å². The highest BCUT2D eigenvalue weighted by atomic mass is 31.1. The van der Waals surface area contributed by atoms with E-state index in [2.05, 4.69) is 4.52 Å². The van der Waals surface area contributed by atoms with Gasteiger partial charge in [-0.25, -0.2) is 0 Å². The van der Waals surface area contributed by atoms with Crippen molar-refractivity contribution in [3.05, 3.63) is 35.9 Å². The quantitative estimate of drug-likeness (QED) is 0.780. The molecule has 0 aliphatic heterocycles. The van der Waals surface area contributed by atoms with Crippen molar-refractivity contribution >= 4 is 14.0 Å². The van der Waals surface area contributed by atoms with Crippen LogP contribution >= 0.6 is 8.25 Å². The molecule has 0 saturated carbocycles. The molecular weight excluding hydrogens is 215 g/mol. The number of hydrogen-bond acceptors (Lipinski definition) is 3. The third-order valence-electron chi connectivity index (χ3n) is 2.12. The van der Waals surface area contributed by atoms with Crippen molar-refractivity contribution in [1.29, 1.82) is 0 Å². The summed E-state index contributed by atoms with van der Waals surface area (Å²) in [5, 5.41) is 0. The number of benzene rings is 1. The van der Waals surface area contributed by atoms with Gasteiger partial charge in [0.1, 0.15) is 6.61 Å². The van der Waals surface area contributed by atoms with E-state index in [1.807, 2.05) is 30.3 Å². The zero-order valence-corrected chi connectivity index (χ0v) is 9.34. The number of carbonyl (C=O) groups is 1. The first kappa shape index (κ1) is 12.1. The minimum Gasteiger partial charge on any atom is -0.326 e. The van der Waals surface area contributed by atoms with Gasteiger partial charge >= 0.3 is 8.25 Å². The summed E-state index contributed by atoms with van der Waals surface area (Å²) in [6.07, 6.45) is 0. The Labute approximate surface area is 88.8 Å². The van der Waals surface area contributed by atoms with Crippen LogP contribution in [0, 0.1) is 0 Å². The summed E-state index contributed by atoms with van der Waals surface area (Å²) < 4.78 is 14.7. The summed E-state index contributed by atoms with van der Waals surface area (Å²) in [5.74, 6) is -0.513. The van der Waals surface area contributed by atoms with E-state index >= 15 is 0 Å². The van der Waals surface area contributed by atoms with E-state index in [1.54, 1.807) is 6.92 Å². The van der Waals surface area contributed by atoms with Crippen molar-refractivity contribution in [1.82, 2.24) is 0 Å². The molecule has 4 nitrogen and oxygen atoms in total. The normalized spacial score (nSPS) is 14.5. The highest BCUT2D eigenvalue weighted by Crippen LogP contribution is 2.19. The molecule has 0 aliphatic carbocycles. The van der Waals surface area contributed by atoms with Crippen LogP contribution in [-0.2, 0) is 13.9 Å². The third kappa shape index (κ3) is 3.96. The van der Waals surface area contributed by atoms with Crippen LogP contribution in [0.15, 0.2) is 30.3 Å². The van der Waals surface area contributed by atoms with Gasteiger partial charge in [0.2, 0.25) is 0 Å². The topological polar surface area (TPSA) is 63.6 Å². The van der Waals surface area contributed by atoms with Gasteiger partial charge in [-0.15, -0.1) is 0 Å². The Balaban J connectivity index is 2.57. The van der Waals surface area contributed by atoms with Crippen LogP contribution in [0.4, 0.5) is 0 Å². The zero-order chi connectivity index (χ0) is 11.3. The molecule has 0 radical (unpaired) electrons. The number of Topliss-reactive ketones (excluding diaryl/α,β-unsaturated/α-hetero) is 1. The first-order valence-corrected chi connectivity index (χ1v) is 5.81. The molecule has 0 aromatic heterocycles. The Morgan fingerprint density at radius 3 is 2.60 bits per heavy atom. The fraction of sp³-hybridized carbons (Fsp3) is 0.300. The minimum atomic E-state index is -3.02. The van der Waals surface area contributed by atoms with Gasteiger partial charge in [-0.2, -0.15) is 0 Å². The first-order chi connectivity index (χ1) is 7.11. The van der Waals surface area contributed by atoms with Gasteiger partial charge in [0.25, 0.3) is 0 Å². The third-order valence-corrected chi connectivity index (χ3v) is 2.51. The molecule has 2 atom stereocenters. The van der Waals surface area contributed by atoms with Crippen molar-refractivity contribution in [2.75, 3.05) is 6.61 Å². The predicted molar refractivity (Wildman–Crippen MR) is 57.0 cm³/mol. The maximum Gasteiger partial charge on any atom is 0.317 e. The Bertz CT molecular complexity index is 350. The second-order valence-corrected chi connectivity index (χ2v) is 3.97. The van der Waals surface area contributed by atoms with E-state index in [9.17, 15) is 9.36 Å². The maximum atomic E-state index is 11.5.